The average molecular weight is 553 g/mol. The van der Waals surface area contributed by atoms with Gasteiger partial charge in [-0.25, -0.2) is 9.59 Å². The van der Waals surface area contributed by atoms with E-state index < -0.39 is 23.9 Å². The molecular weight excluding hydrogens is 516 g/mol. The van der Waals surface area contributed by atoms with Crippen molar-refractivity contribution in [3.8, 4) is 0 Å². The number of para-hydroxylation sites is 1. The van der Waals surface area contributed by atoms with Crippen molar-refractivity contribution in [3.05, 3.63) is 65.7 Å². The van der Waals surface area contributed by atoms with E-state index >= 15 is 0 Å². The van der Waals surface area contributed by atoms with Crippen LogP contribution in [0, 0.1) is 0 Å². The van der Waals surface area contributed by atoms with Crippen LogP contribution in [0.4, 0.5) is 15.3 Å². The van der Waals surface area contributed by atoms with Gasteiger partial charge in [-0.05, 0) is 38.0 Å². The van der Waals surface area contributed by atoms with Crippen molar-refractivity contribution in [2.24, 2.45) is 0 Å². The third-order valence-corrected chi connectivity index (χ3v) is 6.47. The Bertz CT molecular complexity index is 1210. The standard InChI is InChI=1S/C29H36N4O7/c1-29(2,3)40-27(36)30-17-22-11-7-8-12-23(22)33-18-24(39-28(33)37)26(35)32-15-13-31(14-16-32)19-25(34)38-20-21-9-5-4-6-10-21/h4-12,24H,13-20H2,1-3H3,(H,30,36). The van der Waals surface area contributed by atoms with Gasteiger partial charge in [0.1, 0.15) is 12.2 Å². The van der Waals surface area contributed by atoms with Crippen molar-refractivity contribution in [3.63, 3.8) is 0 Å². The fraction of sp³-hybridized carbons (Fsp3) is 0.448. The molecule has 2 heterocycles. The Kier molecular flexibility index (Phi) is 9.26. The highest BCUT2D eigenvalue weighted by Crippen LogP contribution is 2.26. The van der Waals surface area contributed by atoms with Crippen LogP contribution in [-0.4, -0.2) is 84.8 Å². The molecule has 0 spiro atoms. The second-order valence-electron chi connectivity index (χ2n) is 10.7. The zero-order valence-corrected chi connectivity index (χ0v) is 23.1. The zero-order chi connectivity index (χ0) is 28.7. The van der Waals surface area contributed by atoms with E-state index in [9.17, 15) is 19.2 Å². The number of hydrogen-bond donors (Lipinski definition) is 1. The number of rotatable bonds is 8. The molecule has 2 fully saturated rings. The molecule has 1 N–H and O–H groups in total. The van der Waals surface area contributed by atoms with E-state index in [0.29, 0.717) is 37.4 Å². The number of piperazine rings is 1. The molecular formula is C29H36N4O7. The van der Waals surface area contributed by atoms with E-state index in [1.54, 1.807) is 49.9 Å². The normalized spacial score (nSPS) is 17.8. The van der Waals surface area contributed by atoms with Gasteiger partial charge in [0.15, 0.2) is 6.10 Å². The maximum Gasteiger partial charge on any atom is 0.415 e. The lowest BCUT2D eigenvalue weighted by atomic mass is 10.1. The number of carbonyl (C=O) groups excluding carboxylic acids is 4. The molecule has 2 aromatic rings. The predicted molar refractivity (Wildman–Crippen MR) is 146 cm³/mol. The van der Waals surface area contributed by atoms with Gasteiger partial charge in [-0.3, -0.25) is 19.4 Å². The van der Waals surface area contributed by atoms with E-state index in [4.69, 9.17) is 14.2 Å². The largest absolute Gasteiger partial charge is 0.460 e. The fourth-order valence-corrected chi connectivity index (χ4v) is 4.49. The molecule has 0 aliphatic carbocycles. The molecule has 0 aromatic heterocycles. The predicted octanol–water partition coefficient (Wildman–Crippen LogP) is 2.92. The molecule has 0 saturated carbocycles. The topological polar surface area (TPSA) is 118 Å². The number of nitrogens with one attached hydrogen (secondary N) is 1. The van der Waals surface area contributed by atoms with Crippen LogP contribution in [0.3, 0.4) is 0 Å². The smallest absolute Gasteiger partial charge is 0.415 e. The molecule has 11 heteroatoms. The number of benzene rings is 2. The molecule has 11 nitrogen and oxygen atoms in total. The van der Waals surface area contributed by atoms with Gasteiger partial charge in [-0.15, -0.1) is 0 Å². The lowest BCUT2D eigenvalue weighted by Gasteiger charge is -2.34. The van der Waals surface area contributed by atoms with Gasteiger partial charge in [0, 0.05) is 32.7 Å². The summed E-state index contributed by atoms with van der Waals surface area (Å²) in [7, 11) is 0. The molecule has 0 radical (unpaired) electrons. The van der Waals surface area contributed by atoms with Crippen LogP contribution >= 0.6 is 0 Å². The van der Waals surface area contributed by atoms with E-state index in [0.717, 1.165) is 5.56 Å². The summed E-state index contributed by atoms with van der Waals surface area (Å²) in [6.07, 6.45) is -2.13. The molecule has 4 rings (SSSR count). The van der Waals surface area contributed by atoms with Crippen molar-refractivity contribution in [1.82, 2.24) is 15.1 Å². The number of cyclic esters (lactones) is 1. The maximum atomic E-state index is 13.2. The van der Waals surface area contributed by atoms with Gasteiger partial charge >= 0.3 is 18.2 Å². The van der Waals surface area contributed by atoms with Crippen LogP contribution < -0.4 is 10.2 Å². The summed E-state index contributed by atoms with van der Waals surface area (Å²) >= 11 is 0. The monoisotopic (exact) mass is 552 g/mol. The number of esters is 1. The van der Waals surface area contributed by atoms with Crippen molar-refractivity contribution >= 4 is 29.8 Å². The first kappa shape index (κ1) is 28.9. The number of carbonyl (C=O) groups is 4. The van der Waals surface area contributed by atoms with Crippen molar-refractivity contribution < 1.29 is 33.4 Å². The molecule has 2 aliphatic heterocycles. The Morgan fingerprint density at radius 1 is 0.975 bits per heavy atom. The summed E-state index contributed by atoms with van der Waals surface area (Å²) in [6, 6.07) is 16.6. The lowest BCUT2D eigenvalue weighted by molar-refractivity contribution is -0.147. The van der Waals surface area contributed by atoms with E-state index in [2.05, 4.69) is 5.32 Å². The molecule has 40 heavy (non-hydrogen) atoms. The molecule has 3 amide bonds. The molecule has 1 atom stereocenters. The van der Waals surface area contributed by atoms with E-state index in [1.165, 1.54) is 4.90 Å². The number of alkyl carbamates (subject to hydrolysis) is 1. The Morgan fingerprint density at radius 3 is 2.35 bits per heavy atom. The minimum absolute atomic E-state index is 0.0626. The molecule has 2 aliphatic rings. The quantitative estimate of drug-likeness (QED) is 0.393. The van der Waals surface area contributed by atoms with Gasteiger partial charge < -0.3 is 24.4 Å². The van der Waals surface area contributed by atoms with Crippen LogP contribution in [0.2, 0.25) is 0 Å². The van der Waals surface area contributed by atoms with Crippen LogP contribution in [0.15, 0.2) is 54.6 Å². The summed E-state index contributed by atoms with van der Waals surface area (Å²) in [5.74, 6) is -0.588. The summed E-state index contributed by atoms with van der Waals surface area (Å²) in [5, 5.41) is 2.70. The summed E-state index contributed by atoms with van der Waals surface area (Å²) in [4.78, 5) is 55.3. The second kappa shape index (κ2) is 12.8. The first-order chi connectivity index (χ1) is 19.1. The zero-order valence-electron chi connectivity index (χ0n) is 23.1. The first-order valence-corrected chi connectivity index (χ1v) is 13.3. The van der Waals surface area contributed by atoms with Crippen LogP contribution in [0.5, 0.6) is 0 Å². The third kappa shape index (κ3) is 7.95. The first-order valence-electron chi connectivity index (χ1n) is 13.3. The number of hydrogen-bond acceptors (Lipinski definition) is 8. The Morgan fingerprint density at radius 2 is 1.65 bits per heavy atom. The Hall–Kier alpha value is -4.12. The Labute approximate surface area is 233 Å². The molecule has 1 unspecified atom stereocenters. The molecule has 2 aromatic carbocycles. The third-order valence-electron chi connectivity index (χ3n) is 6.47. The van der Waals surface area contributed by atoms with E-state index in [-0.39, 0.29) is 38.1 Å². The number of amides is 3. The van der Waals surface area contributed by atoms with Gasteiger partial charge in [-0.1, -0.05) is 48.5 Å². The molecule has 2 saturated heterocycles. The fourth-order valence-electron chi connectivity index (χ4n) is 4.49. The second-order valence-corrected chi connectivity index (χ2v) is 10.7. The van der Waals surface area contributed by atoms with Gasteiger partial charge in [0.2, 0.25) is 0 Å². The highest BCUT2D eigenvalue weighted by molar-refractivity contribution is 5.96. The van der Waals surface area contributed by atoms with Crippen LogP contribution in [0.1, 0.15) is 31.9 Å². The average Bonchev–Trinajstić information content (AvgIpc) is 3.32. The summed E-state index contributed by atoms with van der Waals surface area (Å²) < 4.78 is 16.1. The summed E-state index contributed by atoms with van der Waals surface area (Å²) in [6.45, 7) is 7.75. The van der Waals surface area contributed by atoms with Gasteiger partial charge in [0.25, 0.3) is 5.91 Å². The minimum atomic E-state index is -0.943. The van der Waals surface area contributed by atoms with Crippen molar-refractivity contribution in [1.29, 1.82) is 0 Å². The highest BCUT2D eigenvalue weighted by Gasteiger charge is 2.40. The van der Waals surface area contributed by atoms with Crippen LogP contribution in [-0.2, 0) is 37.0 Å². The Balaban J connectivity index is 1.26. The summed E-state index contributed by atoms with van der Waals surface area (Å²) in [5.41, 5.74) is 1.53. The van der Waals surface area contributed by atoms with Crippen molar-refractivity contribution in [2.45, 2.75) is 45.6 Å². The van der Waals surface area contributed by atoms with Crippen LogP contribution in [0.25, 0.3) is 0 Å². The molecule has 0 bridgehead atoms. The number of nitrogens with zero attached hydrogens (tertiary/aromatic N) is 3. The minimum Gasteiger partial charge on any atom is -0.460 e. The number of anilines is 1. The van der Waals surface area contributed by atoms with Crippen molar-refractivity contribution in [2.75, 3.05) is 44.2 Å². The highest BCUT2D eigenvalue weighted by atomic mass is 16.6. The SMILES string of the molecule is CC(C)(C)OC(=O)NCc1ccccc1N1CC(C(=O)N2CCN(CC(=O)OCc3ccccc3)CC2)OC1=O. The van der Waals surface area contributed by atoms with Gasteiger partial charge in [0.05, 0.1) is 18.8 Å². The molecule has 214 valence electrons. The lowest BCUT2D eigenvalue weighted by Crippen LogP contribution is -2.53. The number of ether oxygens (including phenoxy) is 3. The maximum absolute atomic E-state index is 13.2. The van der Waals surface area contributed by atoms with Gasteiger partial charge in [-0.2, -0.15) is 0 Å². The van der Waals surface area contributed by atoms with E-state index in [1.807, 2.05) is 35.2 Å².